The topological polar surface area (TPSA) is 49.3 Å². The van der Waals surface area contributed by atoms with E-state index in [-0.39, 0.29) is 29.0 Å². The van der Waals surface area contributed by atoms with Gasteiger partial charge in [-0.25, -0.2) is 4.39 Å². The SMILES string of the molecule is CN(C)c1ccc(NC(=O)C(C2CNCc3c2c2cc(F)ccc2n3C)C(C)(C)C)cc1. The zero-order valence-corrected chi connectivity index (χ0v) is 19.8. The Kier molecular flexibility index (Phi) is 5.76. The van der Waals surface area contributed by atoms with Crippen molar-refractivity contribution in [3.63, 3.8) is 0 Å². The number of aromatic nitrogens is 1. The van der Waals surface area contributed by atoms with Gasteiger partial charge in [-0.3, -0.25) is 4.79 Å². The number of amides is 1. The van der Waals surface area contributed by atoms with Crippen LogP contribution in [0.4, 0.5) is 15.8 Å². The number of anilines is 2. The quantitative estimate of drug-likeness (QED) is 0.613. The van der Waals surface area contributed by atoms with Crippen LogP contribution in [0.2, 0.25) is 0 Å². The van der Waals surface area contributed by atoms with Crippen LogP contribution in [0, 0.1) is 17.2 Å². The number of halogens is 1. The second kappa shape index (κ2) is 8.24. The number of hydrogen-bond donors (Lipinski definition) is 2. The molecule has 5 nitrogen and oxygen atoms in total. The molecule has 32 heavy (non-hydrogen) atoms. The van der Waals surface area contributed by atoms with E-state index in [4.69, 9.17) is 0 Å². The van der Waals surface area contributed by atoms with Crippen molar-refractivity contribution < 1.29 is 9.18 Å². The molecule has 0 saturated heterocycles. The summed E-state index contributed by atoms with van der Waals surface area (Å²) in [7, 11) is 6.00. The maximum atomic E-state index is 14.2. The van der Waals surface area contributed by atoms with Gasteiger partial charge in [0.05, 0.1) is 5.92 Å². The van der Waals surface area contributed by atoms with E-state index in [0.717, 1.165) is 33.5 Å². The molecule has 170 valence electrons. The highest BCUT2D eigenvalue weighted by Crippen LogP contribution is 2.44. The van der Waals surface area contributed by atoms with Crippen molar-refractivity contribution >= 4 is 28.2 Å². The second-order valence-electron chi connectivity index (χ2n) is 10.1. The lowest BCUT2D eigenvalue weighted by molar-refractivity contribution is -0.124. The molecule has 0 saturated carbocycles. The Labute approximate surface area is 189 Å². The molecule has 1 amide bonds. The van der Waals surface area contributed by atoms with Crippen LogP contribution in [0.3, 0.4) is 0 Å². The number of benzene rings is 2. The third kappa shape index (κ3) is 3.99. The average molecular weight is 437 g/mol. The monoisotopic (exact) mass is 436 g/mol. The fourth-order valence-electron chi connectivity index (χ4n) is 5.10. The third-order valence-corrected chi connectivity index (χ3v) is 6.62. The Morgan fingerprint density at radius 3 is 2.50 bits per heavy atom. The highest BCUT2D eigenvalue weighted by Gasteiger charge is 2.42. The summed E-state index contributed by atoms with van der Waals surface area (Å²) in [5.41, 5.74) is 4.79. The van der Waals surface area contributed by atoms with Gasteiger partial charge in [-0.1, -0.05) is 20.8 Å². The molecule has 1 aliphatic heterocycles. The Bertz CT molecular complexity index is 1140. The molecule has 1 aliphatic rings. The van der Waals surface area contributed by atoms with E-state index in [1.54, 1.807) is 6.07 Å². The smallest absolute Gasteiger partial charge is 0.228 e. The molecule has 4 rings (SSSR count). The molecule has 0 spiro atoms. The summed E-state index contributed by atoms with van der Waals surface area (Å²) in [5.74, 6) is -0.620. The van der Waals surface area contributed by atoms with Crippen molar-refractivity contribution in [2.45, 2.75) is 33.2 Å². The van der Waals surface area contributed by atoms with E-state index in [1.165, 1.54) is 6.07 Å². The van der Waals surface area contributed by atoms with Crippen molar-refractivity contribution in [1.82, 2.24) is 9.88 Å². The molecular formula is C26H33FN4O. The van der Waals surface area contributed by atoms with Gasteiger partial charge in [-0.05, 0) is 53.4 Å². The fraction of sp³-hybridized carbons (Fsp3) is 0.423. The van der Waals surface area contributed by atoms with E-state index in [0.29, 0.717) is 13.1 Å². The van der Waals surface area contributed by atoms with Crippen molar-refractivity contribution in [1.29, 1.82) is 0 Å². The predicted octanol–water partition coefficient (Wildman–Crippen LogP) is 4.87. The second-order valence-corrected chi connectivity index (χ2v) is 10.1. The van der Waals surface area contributed by atoms with Crippen molar-refractivity contribution in [2.75, 3.05) is 30.9 Å². The number of hydrogen-bond acceptors (Lipinski definition) is 3. The van der Waals surface area contributed by atoms with E-state index in [1.807, 2.05) is 56.4 Å². The van der Waals surface area contributed by atoms with Gasteiger partial charge in [-0.15, -0.1) is 0 Å². The Morgan fingerprint density at radius 1 is 1.19 bits per heavy atom. The van der Waals surface area contributed by atoms with Crippen molar-refractivity contribution in [3.05, 3.63) is 59.5 Å². The van der Waals surface area contributed by atoms with Crippen LogP contribution in [0.1, 0.15) is 37.9 Å². The summed E-state index contributed by atoms with van der Waals surface area (Å²) in [6.45, 7) is 7.70. The first-order valence-electron chi connectivity index (χ1n) is 11.1. The molecule has 3 aromatic rings. The van der Waals surface area contributed by atoms with Crippen molar-refractivity contribution in [2.24, 2.45) is 18.4 Å². The third-order valence-electron chi connectivity index (χ3n) is 6.62. The standard InChI is InChI=1S/C26H33FN4O/c1-26(2,3)24(25(32)29-17-8-10-18(11-9-17)30(4)5)20-14-28-15-22-23(20)19-13-16(27)7-12-21(19)31(22)6/h7-13,20,24,28H,14-15H2,1-6H3,(H,29,32). The van der Waals surface area contributed by atoms with E-state index < -0.39 is 0 Å². The zero-order valence-electron chi connectivity index (χ0n) is 19.8. The molecule has 0 radical (unpaired) electrons. The maximum absolute atomic E-state index is 14.2. The van der Waals surface area contributed by atoms with Crippen LogP contribution in [0.15, 0.2) is 42.5 Å². The van der Waals surface area contributed by atoms with Gasteiger partial charge in [-0.2, -0.15) is 0 Å². The molecule has 2 unspecified atom stereocenters. The molecule has 0 fully saturated rings. The van der Waals surface area contributed by atoms with E-state index >= 15 is 0 Å². The van der Waals surface area contributed by atoms with Gasteiger partial charge in [0.2, 0.25) is 5.91 Å². The summed E-state index contributed by atoms with van der Waals surface area (Å²) in [5, 5.41) is 7.55. The largest absolute Gasteiger partial charge is 0.378 e. The van der Waals surface area contributed by atoms with Crippen LogP contribution in [-0.2, 0) is 18.4 Å². The van der Waals surface area contributed by atoms with Gasteiger partial charge < -0.3 is 20.1 Å². The normalized spacial score (nSPS) is 17.2. The first-order chi connectivity index (χ1) is 15.1. The molecule has 1 aromatic heterocycles. The van der Waals surface area contributed by atoms with Crippen molar-refractivity contribution in [3.8, 4) is 0 Å². The van der Waals surface area contributed by atoms with Crippen LogP contribution >= 0.6 is 0 Å². The highest BCUT2D eigenvalue weighted by atomic mass is 19.1. The number of carbonyl (C=O) groups excluding carboxylic acids is 1. The molecule has 2 atom stereocenters. The number of aryl methyl sites for hydroxylation is 1. The number of carbonyl (C=O) groups is 1. The summed E-state index contributed by atoms with van der Waals surface area (Å²) in [6, 6.07) is 12.8. The minimum Gasteiger partial charge on any atom is -0.378 e. The average Bonchev–Trinajstić information content (AvgIpc) is 3.00. The summed E-state index contributed by atoms with van der Waals surface area (Å²) >= 11 is 0. The lowest BCUT2D eigenvalue weighted by Gasteiger charge is -2.38. The van der Waals surface area contributed by atoms with Crippen LogP contribution in [0.25, 0.3) is 10.9 Å². The zero-order chi connectivity index (χ0) is 23.2. The number of nitrogens with zero attached hydrogens (tertiary/aromatic N) is 2. The molecular weight excluding hydrogens is 403 g/mol. The van der Waals surface area contributed by atoms with E-state index in [2.05, 4.69) is 36.0 Å². The number of rotatable bonds is 4. The molecule has 6 heteroatoms. The molecule has 2 heterocycles. The van der Waals surface area contributed by atoms with E-state index in [9.17, 15) is 9.18 Å². The first kappa shape index (κ1) is 22.3. The van der Waals surface area contributed by atoms with Gasteiger partial charge in [0, 0.05) is 68.1 Å². The Hall–Kier alpha value is -2.86. The number of nitrogens with one attached hydrogen (secondary N) is 2. The minimum atomic E-state index is -0.295. The fourth-order valence-corrected chi connectivity index (χ4v) is 5.10. The molecule has 0 bridgehead atoms. The molecule has 2 aromatic carbocycles. The summed E-state index contributed by atoms with van der Waals surface area (Å²) in [6.07, 6.45) is 0. The summed E-state index contributed by atoms with van der Waals surface area (Å²) in [4.78, 5) is 15.7. The maximum Gasteiger partial charge on any atom is 0.228 e. The van der Waals surface area contributed by atoms with Gasteiger partial charge >= 0.3 is 0 Å². The first-order valence-corrected chi connectivity index (χ1v) is 11.1. The van der Waals surface area contributed by atoms with Crippen LogP contribution in [-0.4, -0.2) is 31.1 Å². The number of fused-ring (bicyclic) bond motifs is 3. The molecule has 0 aliphatic carbocycles. The Morgan fingerprint density at radius 2 is 1.88 bits per heavy atom. The van der Waals surface area contributed by atoms with Gasteiger partial charge in [0.25, 0.3) is 0 Å². The predicted molar refractivity (Wildman–Crippen MR) is 130 cm³/mol. The summed E-state index contributed by atoms with van der Waals surface area (Å²) < 4.78 is 16.3. The Balaban J connectivity index is 1.74. The lowest BCUT2D eigenvalue weighted by Crippen LogP contribution is -2.43. The minimum absolute atomic E-state index is 0.0110. The van der Waals surface area contributed by atoms with Crippen LogP contribution in [0.5, 0.6) is 0 Å². The van der Waals surface area contributed by atoms with Gasteiger partial charge in [0.1, 0.15) is 5.82 Å². The van der Waals surface area contributed by atoms with Crippen LogP contribution < -0.4 is 15.5 Å². The van der Waals surface area contributed by atoms with Gasteiger partial charge in [0.15, 0.2) is 0 Å². The highest BCUT2D eigenvalue weighted by molar-refractivity contribution is 5.95. The molecule has 2 N–H and O–H groups in total. The lowest BCUT2D eigenvalue weighted by atomic mass is 9.69.